The molecule has 1 aromatic heterocycles. The van der Waals surface area contributed by atoms with Gasteiger partial charge >= 0.3 is 0 Å². The molecule has 0 amide bonds. The molecule has 0 N–H and O–H groups in total. The minimum absolute atomic E-state index is 0.00870. The molecular weight excluding hydrogens is 212 g/mol. The molecular formula is C10H14N2O2S. The van der Waals surface area contributed by atoms with E-state index in [2.05, 4.69) is 16.8 Å². The Morgan fingerprint density at radius 3 is 3.33 bits per heavy atom. The van der Waals surface area contributed by atoms with E-state index in [1.54, 1.807) is 10.9 Å². The Hall–Kier alpha value is -0.780. The standard InChI is InChI=1S/C10H14N2O2S/c1-2-12-3-4-14-9(5-12)10(13)8-6-15-7-11-8/h6-7,9H,2-5H2,1H3. The summed E-state index contributed by atoms with van der Waals surface area (Å²) in [5.74, 6) is 0.00870. The van der Waals surface area contributed by atoms with Crippen LogP contribution in [0.15, 0.2) is 10.9 Å². The first-order valence-electron chi connectivity index (χ1n) is 5.07. The highest BCUT2D eigenvalue weighted by atomic mass is 32.1. The van der Waals surface area contributed by atoms with Gasteiger partial charge in [0, 0.05) is 18.5 Å². The summed E-state index contributed by atoms with van der Waals surface area (Å²) in [7, 11) is 0. The van der Waals surface area contributed by atoms with E-state index >= 15 is 0 Å². The van der Waals surface area contributed by atoms with Gasteiger partial charge in [-0.2, -0.15) is 0 Å². The monoisotopic (exact) mass is 226 g/mol. The SMILES string of the molecule is CCN1CCOC(C(=O)c2cscn2)C1. The summed E-state index contributed by atoms with van der Waals surface area (Å²) in [5, 5.41) is 1.77. The molecule has 0 bridgehead atoms. The number of aromatic nitrogens is 1. The van der Waals surface area contributed by atoms with Crippen LogP contribution in [0.5, 0.6) is 0 Å². The molecule has 5 heteroatoms. The average Bonchev–Trinajstić information content (AvgIpc) is 2.81. The lowest BCUT2D eigenvalue weighted by Crippen LogP contribution is -2.45. The minimum atomic E-state index is -0.333. The van der Waals surface area contributed by atoms with Crippen molar-refractivity contribution < 1.29 is 9.53 Å². The summed E-state index contributed by atoms with van der Waals surface area (Å²) < 4.78 is 5.47. The molecule has 1 unspecified atom stereocenters. The zero-order chi connectivity index (χ0) is 10.7. The molecule has 1 saturated heterocycles. The number of Topliss-reactive ketones (excluding diaryl/α,β-unsaturated/α-hetero) is 1. The van der Waals surface area contributed by atoms with Crippen LogP contribution in [0.25, 0.3) is 0 Å². The lowest BCUT2D eigenvalue weighted by Gasteiger charge is -2.30. The van der Waals surface area contributed by atoms with Crippen LogP contribution in [0.2, 0.25) is 0 Å². The molecule has 2 rings (SSSR count). The summed E-state index contributed by atoms with van der Waals surface area (Å²) in [5.41, 5.74) is 2.20. The zero-order valence-corrected chi connectivity index (χ0v) is 9.50. The third-order valence-electron chi connectivity index (χ3n) is 2.57. The van der Waals surface area contributed by atoms with Crippen LogP contribution in [0.3, 0.4) is 0 Å². The number of likely N-dealkylation sites (N-methyl/N-ethyl adjacent to an activating group) is 1. The molecule has 2 heterocycles. The van der Waals surface area contributed by atoms with E-state index in [1.165, 1.54) is 11.3 Å². The van der Waals surface area contributed by atoms with Gasteiger partial charge in [-0.05, 0) is 6.54 Å². The highest BCUT2D eigenvalue weighted by Crippen LogP contribution is 2.11. The summed E-state index contributed by atoms with van der Waals surface area (Å²) >= 11 is 1.44. The lowest BCUT2D eigenvalue weighted by atomic mass is 10.1. The maximum absolute atomic E-state index is 11.9. The van der Waals surface area contributed by atoms with Crippen LogP contribution in [-0.4, -0.2) is 48.0 Å². The fraction of sp³-hybridized carbons (Fsp3) is 0.600. The van der Waals surface area contributed by atoms with E-state index in [0.717, 1.165) is 13.1 Å². The van der Waals surface area contributed by atoms with Crippen LogP contribution in [0.1, 0.15) is 17.4 Å². The molecule has 15 heavy (non-hydrogen) atoms. The summed E-state index contributed by atoms with van der Waals surface area (Å²) in [6, 6.07) is 0. The van der Waals surface area contributed by atoms with Crippen molar-refractivity contribution in [1.82, 2.24) is 9.88 Å². The highest BCUT2D eigenvalue weighted by molar-refractivity contribution is 7.07. The number of carbonyl (C=O) groups excluding carboxylic acids is 1. The molecule has 1 aromatic rings. The van der Waals surface area contributed by atoms with Crippen LogP contribution in [0.4, 0.5) is 0 Å². The van der Waals surface area contributed by atoms with Crippen molar-refractivity contribution in [2.45, 2.75) is 13.0 Å². The van der Waals surface area contributed by atoms with Crippen molar-refractivity contribution in [3.63, 3.8) is 0 Å². The number of ether oxygens (including phenoxy) is 1. The largest absolute Gasteiger partial charge is 0.367 e. The van der Waals surface area contributed by atoms with E-state index in [-0.39, 0.29) is 11.9 Å². The van der Waals surface area contributed by atoms with Gasteiger partial charge in [0.2, 0.25) is 5.78 Å². The first-order valence-corrected chi connectivity index (χ1v) is 6.02. The third kappa shape index (κ3) is 2.42. The number of thiazole rings is 1. The van der Waals surface area contributed by atoms with Crippen molar-refractivity contribution in [3.8, 4) is 0 Å². The predicted octanol–water partition coefficient (Wildman–Crippen LogP) is 1.05. The van der Waals surface area contributed by atoms with Gasteiger partial charge in [-0.25, -0.2) is 4.98 Å². The normalized spacial score (nSPS) is 22.9. The topological polar surface area (TPSA) is 42.4 Å². The molecule has 82 valence electrons. The Labute approximate surface area is 92.9 Å². The van der Waals surface area contributed by atoms with Gasteiger partial charge in [-0.1, -0.05) is 6.92 Å². The van der Waals surface area contributed by atoms with Gasteiger partial charge in [-0.3, -0.25) is 9.69 Å². The Kier molecular flexibility index (Phi) is 3.45. The number of ketones is 1. The molecule has 1 fully saturated rings. The quantitative estimate of drug-likeness (QED) is 0.722. The average molecular weight is 226 g/mol. The van der Waals surface area contributed by atoms with Gasteiger partial charge in [0.1, 0.15) is 11.8 Å². The third-order valence-corrected chi connectivity index (χ3v) is 3.16. The van der Waals surface area contributed by atoms with Crippen molar-refractivity contribution in [3.05, 3.63) is 16.6 Å². The summed E-state index contributed by atoms with van der Waals surface area (Å²) in [4.78, 5) is 18.1. The molecule has 1 atom stereocenters. The van der Waals surface area contributed by atoms with Gasteiger partial charge in [0.25, 0.3) is 0 Å². The molecule has 0 spiro atoms. The molecule has 4 nitrogen and oxygen atoms in total. The fourth-order valence-electron chi connectivity index (χ4n) is 1.65. The molecule has 0 saturated carbocycles. The molecule has 1 aliphatic heterocycles. The molecule has 0 aromatic carbocycles. The van der Waals surface area contributed by atoms with Crippen molar-refractivity contribution >= 4 is 17.1 Å². The van der Waals surface area contributed by atoms with Crippen LogP contribution >= 0.6 is 11.3 Å². The Bertz CT molecular complexity index is 326. The van der Waals surface area contributed by atoms with Crippen molar-refractivity contribution in [1.29, 1.82) is 0 Å². The van der Waals surface area contributed by atoms with E-state index in [4.69, 9.17) is 4.74 Å². The second-order valence-electron chi connectivity index (χ2n) is 3.49. The van der Waals surface area contributed by atoms with E-state index < -0.39 is 0 Å². The number of rotatable bonds is 3. The molecule has 1 aliphatic rings. The molecule has 0 radical (unpaired) electrons. The highest BCUT2D eigenvalue weighted by Gasteiger charge is 2.27. The number of morpholine rings is 1. The number of hydrogen-bond donors (Lipinski definition) is 0. The van der Waals surface area contributed by atoms with Gasteiger partial charge in [0.15, 0.2) is 0 Å². The molecule has 0 aliphatic carbocycles. The van der Waals surface area contributed by atoms with Gasteiger partial charge < -0.3 is 4.74 Å². The van der Waals surface area contributed by atoms with Gasteiger partial charge in [0.05, 0.1) is 12.1 Å². The van der Waals surface area contributed by atoms with Gasteiger partial charge in [-0.15, -0.1) is 11.3 Å². The second kappa shape index (κ2) is 4.83. The van der Waals surface area contributed by atoms with E-state index in [0.29, 0.717) is 18.8 Å². The Morgan fingerprint density at radius 2 is 2.67 bits per heavy atom. The maximum Gasteiger partial charge on any atom is 0.211 e. The first-order chi connectivity index (χ1) is 7.31. The summed E-state index contributed by atoms with van der Waals surface area (Å²) in [6.45, 7) is 5.29. The minimum Gasteiger partial charge on any atom is -0.367 e. The fourth-order valence-corrected chi connectivity index (χ4v) is 2.19. The Balaban J connectivity index is 2.01. The first kappa shape index (κ1) is 10.7. The smallest absolute Gasteiger partial charge is 0.211 e. The van der Waals surface area contributed by atoms with E-state index in [1.807, 2.05) is 0 Å². The number of carbonyl (C=O) groups is 1. The van der Waals surface area contributed by atoms with Crippen LogP contribution in [0, 0.1) is 0 Å². The predicted molar refractivity (Wildman–Crippen MR) is 58.3 cm³/mol. The lowest BCUT2D eigenvalue weighted by molar-refractivity contribution is -0.0150. The van der Waals surface area contributed by atoms with Crippen molar-refractivity contribution in [2.75, 3.05) is 26.2 Å². The number of hydrogen-bond acceptors (Lipinski definition) is 5. The number of nitrogens with zero attached hydrogens (tertiary/aromatic N) is 2. The second-order valence-corrected chi connectivity index (χ2v) is 4.21. The Morgan fingerprint density at radius 1 is 1.80 bits per heavy atom. The zero-order valence-electron chi connectivity index (χ0n) is 8.68. The maximum atomic E-state index is 11.9. The van der Waals surface area contributed by atoms with E-state index in [9.17, 15) is 4.79 Å². The van der Waals surface area contributed by atoms with Crippen molar-refractivity contribution in [2.24, 2.45) is 0 Å². The summed E-state index contributed by atoms with van der Waals surface area (Å²) in [6.07, 6.45) is -0.333. The van der Waals surface area contributed by atoms with Crippen LogP contribution < -0.4 is 0 Å². The van der Waals surface area contributed by atoms with Crippen LogP contribution in [-0.2, 0) is 4.74 Å².